The standard InChI is InChI=1S/C15H31NOS/c1-6-16-14-8-7-13(10(2)3)9-15(14)18-12(5)11(4)17/h10-17H,6-9H2,1-5H3. The van der Waals surface area contributed by atoms with Gasteiger partial charge in [-0.1, -0.05) is 27.7 Å². The number of aliphatic hydroxyl groups excluding tert-OH is 1. The lowest BCUT2D eigenvalue weighted by molar-refractivity contribution is 0.194. The van der Waals surface area contributed by atoms with Crippen LogP contribution >= 0.6 is 11.8 Å². The van der Waals surface area contributed by atoms with Gasteiger partial charge in [-0.05, 0) is 44.6 Å². The molecule has 0 bridgehead atoms. The van der Waals surface area contributed by atoms with Crippen LogP contribution in [0.3, 0.4) is 0 Å². The summed E-state index contributed by atoms with van der Waals surface area (Å²) in [7, 11) is 0. The molecule has 5 atom stereocenters. The Morgan fingerprint density at radius 3 is 2.39 bits per heavy atom. The first-order valence-electron chi connectivity index (χ1n) is 7.52. The number of hydrogen-bond donors (Lipinski definition) is 2. The van der Waals surface area contributed by atoms with E-state index in [0.29, 0.717) is 16.5 Å². The highest BCUT2D eigenvalue weighted by Crippen LogP contribution is 2.38. The van der Waals surface area contributed by atoms with Crippen LogP contribution in [0.5, 0.6) is 0 Å². The summed E-state index contributed by atoms with van der Waals surface area (Å²) in [5, 5.41) is 14.3. The lowest BCUT2D eigenvalue weighted by Gasteiger charge is -2.39. The molecule has 2 nitrogen and oxygen atoms in total. The van der Waals surface area contributed by atoms with E-state index in [1.807, 2.05) is 18.7 Å². The first-order valence-corrected chi connectivity index (χ1v) is 8.46. The van der Waals surface area contributed by atoms with Crippen LogP contribution in [-0.4, -0.2) is 34.3 Å². The minimum atomic E-state index is -0.211. The summed E-state index contributed by atoms with van der Waals surface area (Å²) in [4.78, 5) is 0. The average Bonchev–Trinajstić information content (AvgIpc) is 2.31. The molecule has 1 aliphatic carbocycles. The maximum absolute atomic E-state index is 9.70. The van der Waals surface area contributed by atoms with E-state index in [-0.39, 0.29) is 6.10 Å². The number of hydrogen-bond acceptors (Lipinski definition) is 3. The smallest absolute Gasteiger partial charge is 0.0628 e. The Balaban J connectivity index is 2.59. The normalized spacial score (nSPS) is 32.5. The zero-order valence-electron chi connectivity index (χ0n) is 12.6. The Hall–Kier alpha value is 0.270. The molecule has 0 saturated heterocycles. The minimum absolute atomic E-state index is 0.211. The van der Waals surface area contributed by atoms with Crippen molar-refractivity contribution < 1.29 is 5.11 Å². The summed E-state index contributed by atoms with van der Waals surface area (Å²) >= 11 is 1.99. The monoisotopic (exact) mass is 273 g/mol. The molecule has 1 rings (SSSR count). The summed E-state index contributed by atoms with van der Waals surface area (Å²) in [5.41, 5.74) is 0. The summed E-state index contributed by atoms with van der Waals surface area (Å²) in [6.07, 6.45) is 3.74. The third-order valence-electron chi connectivity index (χ3n) is 4.31. The van der Waals surface area contributed by atoms with Crippen LogP contribution in [-0.2, 0) is 0 Å². The SMILES string of the molecule is CCNC1CCC(C(C)C)CC1SC(C)C(C)O. The Labute approximate surface area is 117 Å². The van der Waals surface area contributed by atoms with Crippen molar-refractivity contribution in [3.05, 3.63) is 0 Å². The molecule has 1 saturated carbocycles. The van der Waals surface area contributed by atoms with Crippen LogP contribution in [0.4, 0.5) is 0 Å². The van der Waals surface area contributed by atoms with Gasteiger partial charge < -0.3 is 10.4 Å². The Kier molecular flexibility index (Phi) is 7.04. The maximum atomic E-state index is 9.70. The third kappa shape index (κ3) is 4.75. The fourth-order valence-electron chi connectivity index (χ4n) is 2.80. The Bertz CT molecular complexity index is 231. The van der Waals surface area contributed by atoms with Crippen LogP contribution in [0, 0.1) is 11.8 Å². The first kappa shape index (κ1) is 16.3. The lowest BCUT2D eigenvalue weighted by atomic mass is 9.79. The summed E-state index contributed by atoms with van der Waals surface area (Å²) in [6.45, 7) is 12.0. The van der Waals surface area contributed by atoms with E-state index in [1.165, 1.54) is 19.3 Å². The molecule has 0 radical (unpaired) electrons. The molecule has 1 fully saturated rings. The number of rotatable bonds is 6. The van der Waals surface area contributed by atoms with Crippen LogP contribution in [0.25, 0.3) is 0 Å². The number of aliphatic hydroxyl groups is 1. The predicted octanol–water partition coefficient (Wildman–Crippen LogP) is 3.29. The van der Waals surface area contributed by atoms with Crippen molar-refractivity contribution in [3.63, 3.8) is 0 Å². The molecule has 0 aromatic heterocycles. The molecule has 108 valence electrons. The third-order valence-corrected chi connectivity index (χ3v) is 6.00. The van der Waals surface area contributed by atoms with Crippen molar-refractivity contribution in [2.75, 3.05) is 6.54 Å². The molecule has 5 unspecified atom stereocenters. The average molecular weight is 273 g/mol. The molecular formula is C15H31NOS. The minimum Gasteiger partial charge on any atom is -0.392 e. The molecule has 1 aliphatic rings. The largest absolute Gasteiger partial charge is 0.392 e. The van der Waals surface area contributed by atoms with Crippen molar-refractivity contribution in [1.29, 1.82) is 0 Å². The summed E-state index contributed by atoms with van der Waals surface area (Å²) in [5.74, 6) is 1.65. The van der Waals surface area contributed by atoms with Gasteiger partial charge in [-0.15, -0.1) is 0 Å². The van der Waals surface area contributed by atoms with Crippen LogP contribution in [0.2, 0.25) is 0 Å². The van der Waals surface area contributed by atoms with Gasteiger partial charge in [0.15, 0.2) is 0 Å². The molecule has 0 aromatic rings. The quantitative estimate of drug-likeness (QED) is 0.779. The van der Waals surface area contributed by atoms with E-state index in [0.717, 1.165) is 18.4 Å². The fourth-order valence-corrected chi connectivity index (χ4v) is 4.36. The molecule has 0 spiro atoms. The van der Waals surface area contributed by atoms with E-state index in [9.17, 15) is 5.11 Å². The van der Waals surface area contributed by atoms with Crippen LogP contribution < -0.4 is 5.32 Å². The van der Waals surface area contributed by atoms with Gasteiger partial charge in [0.2, 0.25) is 0 Å². The van der Waals surface area contributed by atoms with E-state index in [2.05, 4.69) is 33.0 Å². The molecule has 0 heterocycles. The molecule has 0 amide bonds. The molecule has 0 aromatic carbocycles. The molecule has 2 N–H and O–H groups in total. The van der Waals surface area contributed by atoms with Gasteiger partial charge in [0.1, 0.15) is 0 Å². The maximum Gasteiger partial charge on any atom is 0.0628 e. The lowest BCUT2D eigenvalue weighted by Crippen LogP contribution is -2.44. The van der Waals surface area contributed by atoms with Crippen molar-refractivity contribution in [3.8, 4) is 0 Å². The molecule has 18 heavy (non-hydrogen) atoms. The van der Waals surface area contributed by atoms with E-state index >= 15 is 0 Å². The predicted molar refractivity (Wildman–Crippen MR) is 82.2 cm³/mol. The van der Waals surface area contributed by atoms with Gasteiger partial charge in [0.05, 0.1) is 6.10 Å². The molecule has 0 aliphatic heterocycles. The topological polar surface area (TPSA) is 32.3 Å². The van der Waals surface area contributed by atoms with E-state index < -0.39 is 0 Å². The second-order valence-corrected chi connectivity index (χ2v) is 7.72. The number of nitrogens with one attached hydrogen (secondary N) is 1. The zero-order chi connectivity index (χ0) is 13.7. The van der Waals surface area contributed by atoms with E-state index in [1.54, 1.807) is 0 Å². The van der Waals surface area contributed by atoms with Gasteiger partial charge in [-0.25, -0.2) is 0 Å². The van der Waals surface area contributed by atoms with Crippen molar-refractivity contribution in [2.45, 2.75) is 76.5 Å². The van der Waals surface area contributed by atoms with E-state index in [4.69, 9.17) is 0 Å². The van der Waals surface area contributed by atoms with Crippen molar-refractivity contribution in [1.82, 2.24) is 5.32 Å². The highest BCUT2D eigenvalue weighted by molar-refractivity contribution is 8.00. The first-order chi connectivity index (χ1) is 8.45. The Morgan fingerprint density at radius 1 is 1.22 bits per heavy atom. The van der Waals surface area contributed by atoms with Crippen LogP contribution in [0.1, 0.15) is 53.9 Å². The Morgan fingerprint density at radius 2 is 1.89 bits per heavy atom. The van der Waals surface area contributed by atoms with Crippen LogP contribution in [0.15, 0.2) is 0 Å². The number of thioether (sulfide) groups is 1. The second kappa shape index (κ2) is 7.76. The second-order valence-electron chi connectivity index (χ2n) is 6.10. The zero-order valence-corrected chi connectivity index (χ0v) is 13.5. The van der Waals surface area contributed by atoms with Gasteiger partial charge in [0, 0.05) is 16.5 Å². The van der Waals surface area contributed by atoms with Crippen molar-refractivity contribution >= 4 is 11.8 Å². The highest BCUT2D eigenvalue weighted by atomic mass is 32.2. The van der Waals surface area contributed by atoms with Gasteiger partial charge in [0.25, 0.3) is 0 Å². The highest BCUT2D eigenvalue weighted by Gasteiger charge is 2.33. The molecule has 3 heteroatoms. The fraction of sp³-hybridized carbons (Fsp3) is 1.00. The van der Waals surface area contributed by atoms with Gasteiger partial charge in [-0.2, -0.15) is 11.8 Å². The molecular weight excluding hydrogens is 242 g/mol. The summed E-state index contributed by atoms with van der Waals surface area (Å²) in [6, 6.07) is 0.635. The van der Waals surface area contributed by atoms with Gasteiger partial charge in [-0.3, -0.25) is 0 Å². The summed E-state index contributed by atoms with van der Waals surface area (Å²) < 4.78 is 0. The van der Waals surface area contributed by atoms with Gasteiger partial charge >= 0.3 is 0 Å². The van der Waals surface area contributed by atoms with Crippen molar-refractivity contribution in [2.24, 2.45) is 11.8 Å².